The van der Waals surface area contributed by atoms with Gasteiger partial charge in [0.2, 0.25) is 0 Å². The highest BCUT2D eigenvalue weighted by Gasteiger charge is 2.11. The number of thiazole rings is 1. The van der Waals surface area contributed by atoms with Crippen LogP contribution in [0.4, 0.5) is 5.13 Å². The number of nitrogens with one attached hydrogen (secondary N) is 1. The summed E-state index contributed by atoms with van der Waals surface area (Å²) in [4.78, 5) is 7.80. The number of methoxy groups -OCH3 is 1. The van der Waals surface area contributed by atoms with Gasteiger partial charge in [0.1, 0.15) is 0 Å². The monoisotopic (exact) mass is 257 g/mol. The molecule has 0 amide bonds. The lowest BCUT2D eigenvalue weighted by Gasteiger charge is -2.19. The van der Waals surface area contributed by atoms with E-state index in [9.17, 15) is 0 Å². The van der Waals surface area contributed by atoms with E-state index < -0.39 is 0 Å². The lowest BCUT2D eigenvalue weighted by Crippen LogP contribution is -2.34. The van der Waals surface area contributed by atoms with E-state index >= 15 is 0 Å². The summed E-state index contributed by atoms with van der Waals surface area (Å²) >= 11 is 1.73. The molecule has 0 aliphatic carbocycles. The zero-order valence-electron chi connectivity index (χ0n) is 11.4. The molecule has 98 valence electrons. The summed E-state index contributed by atoms with van der Waals surface area (Å²) in [7, 11) is 3.76. The van der Waals surface area contributed by atoms with Gasteiger partial charge in [-0.05, 0) is 20.8 Å². The van der Waals surface area contributed by atoms with Crippen molar-refractivity contribution in [1.29, 1.82) is 0 Å². The molecule has 0 bridgehead atoms. The number of rotatable bonds is 6. The zero-order valence-corrected chi connectivity index (χ0v) is 12.2. The first kappa shape index (κ1) is 14.4. The average Bonchev–Trinajstić information content (AvgIpc) is 2.70. The molecule has 1 N–H and O–H groups in total. The quantitative estimate of drug-likeness (QED) is 0.847. The minimum Gasteiger partial charge on any atom is -0.383 e. The van der Waals surface area contributed by atoms with E-state index in [0.29, 0.717) is 0 Å². The molecule has 0 saturated carbocycles. The third-order valence-corrected chi connectivity index (χ3v) is 3.40. The smallest absolute Gasteiger partial charge is 0.185 e. The van der Waals surface area contributed by atoms with E-state index in [1.165, 1.54) is 4.88 Å². The van der Waals surface area contributed by atoms with Crippen molar-refractivity contribution in [2.24, 2.45) is 0 Å². The number of hydrogen-bond acceptors (Lipinski definition) is 5. The molecule has 5 heteroatoms. The van der Waals surface area contributed by atoms with E-state index in [1.54, 1.807) is 18.4 Å². The summed E-state index contributed by atoms with van der Waals surface area (Å²) in [6, 6.07) is 0. The normalized spacial score (nSPS) is 11.8. The molecule has 0 aromatic carbocycles. The van der Waals surface area contributed by atoms with Gasteiger partial charge in [0, 0.05) is 43.9 Å². The van der Waals surface area contributed by atoms with Crippen LogP contribution in [0, 0.1) is 0 Å². The number of likely N-dealkylation sites (N-methyl/N-ethyl adjacent to an activating group) is 1. The second-order valence-corrected chi connectivity index (χ2v) is 6.22. The molecule has 17 heavy (non-hydrogen) atoms. The summed E-state index contributed by atoms with van der Waals surface area (Å²) in [5.74, 6) is 0. The molecule has 1 rings (SSSR count). The lowest BCUT2D eigenvalue weighted by molar-refractivity contribution is 0.206. The zero-order chi connectivity index (χ0) is 12.9. The van der Waals surface area contributed by atoms with Crippen LogP contribution in [0.3, 0.4) is 0 Å². The van der Waals surface area contributed by atoms with Gasteiger partial charge < -0.3 is 15.0 Å². The van der Waals surface area contributed by atoms with Crippen LogP contribution in [0.15, 0.2) is 6.20 Å². The van der Waals surface area contributed by atoms with Crippen LogP contribution in [-0.2, 0) is 11.3 Å². The van der Waals surface area contributed by atoms with Crippen LogP contribution in [0.5, 0.6) is 0 Å². The van der Waals surface area contributed by atoms with Gasteiger partial charge >= 0.3 is 0 Å². The first-order valence-corrected chi connectivity index (χ1v) is 6.64. The van der Waals surface area contributed by atoms with Crippen LogP contribution in [0.25, 0.3) is 0 Å². The van der Waals surface area contributed by atoms with Crippen molar-refractivity contribution in [2.75, 3.05) is 32.2 Å². The standard InChI is InChI=1S/C12H23N3OS/c1-12(2,3)14-9-10-8-13-11(17-10)15(4)6-7-16-5/h8,14H,6-7,9H2,1-5H3. The molecule has 0 unspecified atom stereocenters. The van der Waals surface area contributed by atoms with Gasteiger partial charge in [-0.25, -0.2) is 4.98 Å². The van der Waals surface area contributed by atoms with E-state index in [0.717, 1.165) is 24.8 Å². The molecule has 4 nitrogen and oxygen atoms in total. The van der Waals surface area contributed by atoms with Crippen LogP contribution in [0.2, 0.25) is 0 Å². The molecule has 0 fully saturated rings. The van der Waals surface area contributed by atoms with Gasteiger partial charge in [-0.1, -0.05) is 0 Å². The van der Waals surface area contributed by atoms with E-state index in [4.69, 9.17) is 4.74 Å². The van der Waals surface area contributed by atoms with Crippen molar-refractivity contribution in [1.82, 2.24) is 10.3 Å². The largest absolute Gasteiger partial charge is 0.383 e. The molecule has 1 heterocycles. The van der Waals surface area contributed by atoms with Crippen molar-refractivity contribution in [3.05, 3.63) is 11.1 Å². The Bertz CT molecular complexity index is 333. The third-order valence-electron chi connectivity index (χ3n) is 2.29. The molecule has 0 saturated heterocycles. The van der Waals surface area contributed by atoms with Gasteiger partial charge in [0.15, 0.2) is 5.13 Å². The summed E-state index contributed by atoms with van der Waals surface area (Å²) < 4.78 is 5.06. The van der Waals surface area contributed by atoms with Crippen LogP contribution in [0.1, 0.15) is 25.6 Å². The van der Waals surface area contributed by atoms with Crippen molar-refractivity contribution in [3.63, 3.8) is 0 Å². The molecule has 0 spiro atoms. The number of nitrogens with zero attached hydrogens (tertiary/aromatic N) is 2. The van der Waals surface area contributed by atoms with Crippen molar-refractivity contribution >= 4 is 16.5 Å². The molecular formula is C12H23N3OS. The summed E-state index contributed by atoms with van der Waals surface area (Å²) in [5.41, 5.74) is 0.145. The Hall–Kier alpha value is -0.650. The van der Waals surface area contributed by atoms with Gasteiger partial charge in [-0.3, -0.25) is 0 Å². The second kappa shape index (κ2) is 6.33. The fourth-order valence-corrected chi connectivity index (χ4v) is 2.07. The number of ether oxygens (including phenoxy) is 1. The summed E-state index contributed by atoms with van der Waals surface area (Å²) in [6.07, 6.45) is 1.95. The molecule has 0 aliphatic heterocycles. The molecule has 0 radical (unpaired) electrons. The Labute approximate surface area is 108 Å². The Morgan fingerprint density at radius 3 is 2.76 bits per heavy atom. The van der Waals surface area contributed by atoms with Crippen LogP contribution in [-0.4, -0.2) is 37.8 Å². The van der Waals surface area contributed by atoms with Crippen molar-refractivity contribution < 1.29 is 4.74 Å². The maximum atomic E-state index is 5.06. The molecule has 1 aromatic heterocycles. The van der Waals surface area contributed by atoms with Crippen molar-refractivity contribution in [3.8, 4) is 0 Å². The Morgan fingerprint density at radius 1 is 1.47 bits per heavy atom. The van der Waals surface area contributed by atoms with Gasteiger partial charge in [-0.15, -0.1) is 11.3 Å². The number of anilines is 1. The van der Waals surface area contributed by atoms with Gasteiger partial charge in [-0.2, -0.15) is 0 Å². The Morgan fingerprint density at radius 2 is 2.18 bits per heavy atom. The highest BCUT2D eigenvalue weighted by molar-refractivity contribution is 7.15. The second-order valence-electron chi connectivity index (χ2n) is 5.13. The SMILES string of the molecule is COCCN(C)c1ncc(CNC(C)(C)C)s1. The van der Waals surface area contributed by atoms with Crippen molar-refractivity contribution in [2.45, 2.75) is 32.9 Å². The number of aromatic nitrogens is 1. The maximum absolute atomic E-state index is 5.06. The topological polar surface area (TPSA) is 37.4 Å². The highest BCUT2D eigenvalue weighted by atomic mass is 32.1. The van der Waals surface area contributed by atoms with Crippen LogP contribution >= 0.6 is 11.3 Å². The Balaban J connectivity index is 2.47. The predicted molar refractivity (Wildman–Crippen MR) is 73.9 cm³/mol. The fraction of sp³-hybridized carbons (Fsp3) is 0.750. The molecule has 1 aromatic rings. The first-order valence-electron chi connectivity index (χ1n) is 5.82. The van der Waals surface area contributed by atoms with Gasteiger partial charge in [0.05, 0.1) is 6.61 Å². The summed E-state index contributed by atoms with van der Waals surface area (Å²) in [5, 5.41) is 4.51. The minimum atomic E-state index is 0.145. The number of hydrogen-bond donors (Lipinski definition) is 1. The van der Waals surface area contributed by atoms with Crippen LogP contribution < -0.4 is 10.2 Å². The van der Waals surface area contributed by atoms with E-state index in [1.807, 2.05) is 13.2 Å². The van der Waals surface area contributed by atoms with Gasteiger partial charge in [0.25, 0.3) is 0 Å². The maximum Gasteiger partial charge on any atom is 0.185 e. The molecule has 0 atom stereocenters. The van der Waals surface area contributed by atoms with E-state index in [2.05, 4.69) is 36.0 Å². The van der Waals surface area contributed by atoms with E-state index in [-0.39, 0.29) is 5.54 Å². The minimum absolute atomic E-state index is 0.145. The molecule has 0 aliphatic rings. The Kier molecular flexibility index (Phi) is 5.36. The highest BCUT2D eigenvalue weighted by Crippen LogP contribution is 2.21. The molecular weight excluding hydrogens is 234 g/mol. The third kappa shape index (κ3) is 5.48. The first-order chi connectivity index (χ1) is 7.92. The lowest BCUT2D eigenvalue weighted by atomic mass is 10.1. The average molecular weight is 257 g/mol. The predicted octanol–water partition coefficient (Wildman–Crippen LogP) is 2.11. The fourth-order valence-electron chi connectivity index (χ4n) is 1.23. The summed E-state index contributed by atoms with van der Waals surface area (Å²) in [6.45, 7) is 8.97.